The molecule has 0 unspecified atom stereocenters. The monoisotopic (exact) mass is 313 g/mol. The molecule has 2 aromatic rings. The van der Waals surface area contributed by atoms with Gasteiger partial charge in [0, 0.05) is 0 Å². The molecule has 3 N–H and O–H groups in total. The summed E-state index contributed by atoms with van der Waals surface area (Å²) in [7, 11) is 0. The summed E-state index contributed by atoms with van der Waals surface area (Å²) < 4.78 is 5.80. The van der Waals surface area contributed by atoms with Crippen molar-refractivity contribution in [3.05, 3.63) is 65.2 Å². The second-order valence-corrected chi connectivity index (χ2v) is 6.03. The first-order valence-electron chi connectivity index (χ1n) is 8.05. The van der Waals surface area contributed by atoms with Crippen LogP contribution in [-0.4, -0.2) is 23.3 Å². The van der Waals surface area contributed by atoms with E-state index in [4.69, 9.17) is 4.74 Å². The minimum absolute atomic E-state index is 0.104. The van der Waals surface area contributed by atoms with Crippen molar-refractivity contribution < 1.29 is 14.9 Å². The van der Waals surface area contributed by atoms with E-state index < -0.39 is 5.60 Å². The van der Waals surface area contributed by atoms with E-state index in [0.29, 0.717) is 25.2 Å². The van der Waals surface area contributed by atoms with Gasteiger partial charge in [0.15, 0.2) is 0 Å². The van der Waals surface area contributed by atoms with Crippen molar-refractivity contribution in [1.82, 2.24) is 5.32 Å². The largest absolute Gasteiger partial charge is 0.489 e. The first-order valence-corrected chi connectivity index (χ1v) is 8.05. The van der Waals surface area contributed by atoms with Gasteiger partial charge in [-0.25, -0.2) is 0 Å². The topological polar surface area (TPSA) is 61.7 Å². The predicted molar refractivity (Wildman–Crippen MR) is 89.1 cm³/mol. The number of aliphatic hydroxyl groups is 2. The van der Waals surface area contributed by atoms with Gasteiger partial charge in [0.05, 0.1) is 12.2 Å². The molecule has 1 heterocycles. The van der Waals surface area contributed by atoms with Crippen LogP contribution in [0.1, 0.15) is 29.5 Å². The van der Waals surface area contributed by atoms with Crippen LogP contribution in [0, 0.1) is 0 Å². The highest BCUT2D eigenvalue weighted by molar-refractivity contribution is 5.39. The molecule has 0 amide bonds. The maximum Gasteiger partial charge on any atom is 0.120 e. The quantitative estimate of drug-likeness (QED) is 0.793. The molecule has 0 radical (unpaired) electrons. The van der Waals surface area contributed by atoms with Gasteiger partial charge in [-0.2, -0.15) is 0 Å². The maximum atomic E-state index is 10.9. The standard InChI is InChI=1S/C19H23NO3/c21-13-16-12-17(23-14-15-4-2-1-3-5-15)6-7-18(16)19(22)8-10-20-11-9-19/h1-7,12,20-22H,8-11,13-14H2. The van der Waals surface area contributed by atoms with Crippen molar-refractivity contribution in [1.29, 1.82) is 0 Å². The van der Waals surface area contributed by atoms with E-state index in [9.17, 15) is 10.2 Å². The van der Waals surface area contributed by atoms with Crippen LogP contribution in [0.3, 0.4) is 0 Å². The molecule has 0 aromatic heterocycles. The van der Waals surface area contributed by atoms with Crippen molar-refractivity contribution in [2.45, 2.75) is 31.7 Å². The number of piperidine rings is 1. The molecule has 0 bridgehead atoms. The number of ether oxygens (including phenoxy) is 1. The van der Waals surface area contributed by atoms with Crippen molar-refractivity contribution >= 4 is 0 Å². The summed E-state index contributed by atoms with van der Waals surface area (Å²) in [4.78, 5) is 0. The Morgan fingerprint density at radius 1 is 1.04 bits per heavy atom. The summed E-state index contributed by atoms with van der Waals surface area (Å²) >= 11 is 0. The summed E-state index contributed by atoms with van der Waals surface area (Å²) in [5, 5.41) is 23.8. The van der Waals surface area contributed by atoms with Gasteiger partial charge in [-0.05, 0) is 54.8 Å². The third-order valence-corrected chi connectivity index (χ3v) is 4.43. The maximum absolute atomic E-state index is 10.9. The Balaban J connectivity index is 1.76. The van der Waals surface area contributed by atoms with Gasteiger partial charge in [0.2, 0.25) is 0 Å². The lowest BCUT2D eigenvalue weighted by molar-refractivity contribution is 0.00414. The molecule has 0 spiro atoms. The van der Waals surface area contributed by atoms with E-state index in [2.05, 4.69) is 5.32 Å². The predicted octanol–water partition coefficient (Wildman–Crippen LogP) is 2.33. The van der Waals surface area contributed by atoms with Crippen LogP contribution >= 0.6 is 0 Å². The van der Waals surface area contributed by atoms with Crippen LogP contribution in [0.2, 0.25) is 0 Å². The van der Waals surface area contributed by atoms with Gasteiger partial charge < -0.3 is 20.3 Å². The highest BCUT2D eigenvalue weighted by atomic mass is 16.5. The van der Waals surface area contributed by atoms with E-state index in [1.165, 1.54) is 0 Å². The van der Waals surface area contributed by atoms with E-state index in [1.54, 1.807) is 0 Å². The molecule has 3 rings (SSSR count). The number of hydrogen-bond acceptors (Lipinski definition) is 4. The third kappa shape index (κ3) is 3.72. The Kier molecular flexibility index (Phi) is 4.96. The number of nitrogens with one attached hydrogen (secondary N) is 1. The molecule has 2 aromatic carbocycles. The van der Waals surface area contributed by atoms with Crippen LogP contribution in [0.4, 0.5) is 0 Å². The van der Waals surface area contributed by atoms with Gasteiger partial charge in [0.1, 0.15) is 12.4 Å². The van der Waals surface area contributed by atoms with E-state index >= 15 is 0 Å². The van der Waals surface area contributed by atoms with Gasteiger partial charge in [-0.3, -0.25) is 0 Å². The van der Waals surface area contributed by atoms with Gasteiger partial charge in [-0.15, -0.1) is 0 Å². The molecule has 0 atom stereocenters. The van der Waals surface area contributed by atoms with Crippen LogP contribution in [-0.2, 0) is 18.8 Å². The molecule has 4 nitrogen and oxygen atoms in total. The summed E-state index contributed by atoms with van der Waals surface area (Å²) in [6, 6.07) is 15.5. The Hall–Kier alpha value is -1.88. The number of benzene rings is 2. The molecule has 0 aliphatic carbocycles. The Morgan fingerprint density at radius 3 is 2.48 bits per heavy atom. The second-order valence-electron chi connectivity index (χ2n) is 6.03. The van der Waals surface area contributed by atoms with E-state index in [0.717, 1.165) is 29.8 Å². The summed E-state index contributed by atoms with van der Waals surface area (Å²) in [6.07, 6.45) is 1.31. The van der Waals surface area contributed by atoms with Crippen LogP contribution in [0.25, 0.3) is 0 Å². The highest BCUT2D eigenvalue weighted by Crippen LogP contribution is 2.34. The zero-order valence-electron chi connectivity index (χ0n) is 13.2. The molecule has 1 saturated heterocycles. The molecule has 4 heteroatoms. The Morgan fingerprint density at radius 2 is 1.78 bits per heavy atom. The lowest BCUT2D eigenvalue weighted by Crippen LogP contribution is -2.40. The van der Waals surface area contributed by atoms with E-state index in [1.807, 2.05) is 48.5 Å². The molecule has 0 saturated carbocycles. The Labute approximate surface area is 136 Å². The first kappa shape index (κ1) is 16.0. The molecule has 1 aliphatic rings. The zero-order chi connectivity index (χ0) is 16.1. The van der Waals surface area contributed by atoms with Gasteiger partial charge in [0.25, 0.3) is 0 Å². The second kappa shape index (κ2) is 7.13. The fraction of sp³-hybridized carbons (Fsp3) is 0.368. The molecule has 122 valence electrons. The fourth-order valence-corrected chi connectivity index (χ4v) is 3.10. The van der Waals surface area contributed by atoms with Gasteiger partial charge in [-0.1, -0.05) is 36.4 Å². The summed E-state index contributed by atoms with van der Waals surface area (Å²) in [6.45, 7) is 1.95. The van der Waals surface area contributed by atoms with E-state index in [-0.39, 0.29) is 6.61 Å². The number of hydrogen-bond donors (Lipinski definition) is 3. The van der Waals surface area contributed by atoms with Gasteiger partial charge >= 0.3 is 0 Å². The van der Waals surface area contributed by atoms with Crippen LogP contribution < -0.4 is 10.1 Å². The molecule has 1 fully saturated rings. The zero-order valence-corrected chi connectivity index (χ0v) is 13.2. The first-order chi connectivity index (χ1) is 11.2. The fourth-order valence-electron chi connectivity index (χ4n) is 3.10. The number of rotatable bonds is 5. The third-order valence-electron chi connectivity index (χ3n) is 4.43. The summed E-state index contributed by atoms with van der Waals surface area (Å²) in [5.74, 6) is 0.708. The van der Waals surface area contributed by atoms with Crippen molar-refractivity contribution in [2.75, 3.05) is 13.1 Å². The normalized spacial score (nSPS) is 17.0. The smallest absolute Gasteiger partial charge is 0.120 e. The SMILES string of the molecule is OCc1cc(OCc2ccccc2)ccc1C1(O)CCNCC1. The van der Waals surface area contributed by atoms with Crippen molar-refractivity contribution in [3.63, 3.8) is 0 Å². The Bertz CT molecular complexity index is 636. The summed E-state index contributed by atoms with van der Waals surface area (Å²) in [5.41, 5.74) is 1.79. The highest BCUT2D eigenvalue weighted by Gasteiger charge is 2.33. The molecular formula is C19H23NO3. The van der Waals surface area contributed by atoms with Crippen molar-refractivity contribution in [3.8, 4) is 5.75 Å². The number of aliphatic hydroxyl groups excluding tert-OH is 1. The molecule has 23 heavy (non-hydrogen) atoms. The average molecular weight is 313 g/mol. The average Bonchev–Trinajstić information content (AvgIpc) is 2.61. The lowest BCUT2D eigenvalue weighted by atomic mass is 9.82. The van der Waals surface area contributed by atoms with Crippen LogP contribution in [0.15, 0.2) is 48.5 Å². The molecule has 1 aliphatic heterocycles. The molecular weight excluding hydrogens is 290 g/mol. The minimum atomic E-state index is -0.860. The van der Waals surface area contributed by atoms with Crippen LogP contribution in [0.5, 0.6) is 5.75 Å². The van der Waals surface area contributed by atoms with Crippen molar-refractivity contribution in [2.24, 2.45) is 0 Å². The minimum Gasteiger partial charge on any atom is -0.489 e. The lowest BCUT2D eigenvalue weighted by Gasteiger charge is -2.34.